The number of nitrogens with zero attached hydrogens (tertiary/aromatic N) is 1. The average molecular weight is 232 g/mol. The maximum absolute atomic E-state index is 10.2. The van der Waals surface area contributed by atoms with Gasteiger partial charge in [-0.1, -0.05) is 15.9 Å². The molecule has 0 saturated carbocycles. The monoisotopic (exact) mass is 231 g/mol. The van der Waals surface area contributed by atoms with E-state index in [1.807, 2.05) is 0 Å². The lowest BCUT2D eigenvalue weighted by Crippen LogP contribution is -1.86. The highest BCUT2D eigenvalue weighted by atomic mass is 79.9. The minimum atomic E-state index is 0.373. The van der Waals surface area contributed by atoms with Crippen LogP contribution in [0.25, 0.3) is 5.57 Å². The Bertz CT molecular complexity index is 295. The van der Waals surface area contributed by atoms with Crippen LogP contribution in [0, 0.1) is 0 Å². The number of hydrogen-bond acceptors (Lipinski definition) is 4. The van der Waals surface area contributed by atoms with E-state index in [0.29, 0.717) is 16.4 Å². The number of halogens is 1. The summed E-state index contributed by atoms with van der Waals surface area (Å²) >= 11 is 4.31. The van der Waals surface area contributed by atoms with Crippen LogP contribution >= 0.6 is 27.3 Å². The Labute approximate surface area is 76.1 Å². The first-order chi connectivity index (χ1) is 5.27. The Morgan fingerprint density at radius 1 is 1.91 bits per heavy atom. The topological polar surface area (TPSA) is 56.0 Å². The number of aromatic nitrogens is 1. The van der Waals surface area contributed by atoms with Crippen molar-refractivity contribution in [3.8, 4) is 0 Å². The fourth-order valence-corrected chi connectivity index (χ4v) is 1.43. The van der Waals surface area contributed by atoms with Crippen molar-refractivity contribution in [3.05, 3.63) is 16.1 Å². The number of hydrogen-bond donors (Lipinski definition) is 1. The smallest absolute Gasteiger partial charge is 0.236 e. The van der Waals surface area contributed by atoms with Gasteiger partial charge in [0.2, 0.25) is 6.29 Å². The summed E-state index contributed by atoms with van der Waals surface area (Å²) in [5, 5.41) is 2.15. The van der Waals surface area contributed by atoms with E-state index in [4.69, 9.17) is 5.73 Å². The average Bonchev–Trinajstić information content (AvgIpc) is 2.39. The summed E-state index contributed by atoms with van der Waals surface area (Å²) in [7, 11) is 0. The zero-order valence-electron chi connectivity index (χ0n) is 5.37. The third-order valence-electron chi connectivity index (χ3n) is 1.02. The van der Waals surface area contributed by atoms with E-state index in [1.54, 1.807) is 11.7 Å². The number of rotatable bonds is 2. The summed E-state index contributed by atoms with van der Waals surface area (Å²) in [6.45, 7) is 0. The number of carbonyl (C=O) groups excluding carboxylic acids is 1. The Hall–Kier alpha value is -0.680. The Morgan fingerprint density at radius 3 is 3.00 bits per heavy atom. The number of allylic oxidation sites excluding steroid dienone is 1. The molecule has 0 aliphatic carbocycles. The maximum Gasteiger partial charge on any atom is 0.236 e. The minimum Gasteiger partial charge on any atom is -0.375 e. The van der Waals surface area contributed by atoms with E-state index in [1.165, 1.54) is 16.3 Å². The van der Waals surface area contributed by atoms with Crippen LogP contribution in [0.4, 0.5) is 5.13 Å². The van der Waals surface area contributed by atoms with Crippen molar-refractivity contribution in [1.82, 2.24) is 4.98 Å². The van der Waals surface area contributed by atoms with Crippen LogP contribution in [0.3, 0.4) is 0 Å². The first-order valence-electron chi connectivity index (χ1n) is 2.68. The Kier molecular flexibility index (Phi) is 2.78. The van der Waals surface area contributed by atoms with Gasteiger partial charge >= 0.3 is 0 Å². The summed E-state index contributed by atoms with van der Waals surface area (Å²) < 4.78 is 0. The SMILES string of the molecule is Nc1nc(/C([C]=O)=C/Br)cs1. The largest absolute Gasteiger partial charge is 0.375 e. The molecule has 0 fully saturated rings. The lowest BCUT2D eigenvalue weighted by molar-refractivity contribution is 0.565. The van der Waals surface area contributed by atoms with E-state index < -0.39 is 0 Å². The van der Waals surface area contributed by atoms with Crippen LogP contribution in [-0.2, 0) is 4.79 Å². The molecule has 0 saturated heterocycles. The van der Waals surface area contributed by atoms with Crippen molar-refractivity contribution in [2.45, 2.75) is 0 Å². The zero-order chi connectivity index (χ0) is 8.27. The van der Waals surface area contributed by atoms with Gasteiger partial charge in [-0.3, -0.25) is 4.79 Å². The zero-order valence-corrected chi connectivity index (χ0v) is 7.78. The highest BCUT2D eigenvalue weighted by Crippen LogP contribution is 2.18. The standard InChI is InChI=1S/C6H4BrN2OS/c7-1-4(2-10)5-3-11-6(8)9-5/h1,3H,(H2,8,9)/b4-1+. The first kappa shape index (κ1) is 8.42. The summed E-state index contributed by atoms with van der Waals surface area (Å²) in [6.07, 6.45) is 1.73. The number of thiazole rings is 1. The van der Waals surface area contributed by atoms with Crippen LogP contribution in [0.1, 0.15) is 5.69 Å². The predicted octanol–water partition coefficient (Wildman–Crippen LogP) is 1.57. The molecule has 1 aromatic heterocycles. The molecule has 0 spiro atoms. The number of nitrogen functional groups attached to an aromatic ring is 1. The molecular weight excluding hydrogens is 228 g/mol. The molecule has 1 rings (SSSR count). The van der Waals surface area contributed by atoms with E-state index in [-0.39, 0.29) is 0 Å². The molecule has 57 valence electrons. The van der Waals surface area contributed by atoms with Gasteiger partial charge in [0.1, 0.15) is 0 Å². The molecule has 3 nitrogen and oxygen atoms in total. The second kappa shape index (κ2) is 3.64. The van der Waals surface area contributed by atoms with Crippen LogP contribution in [-0.4, -0.2) is 11.3 Å². The van der Waals surface area contributed by atoms with Gasteiger partial charge in [-0.15, -0.1) is 11.3 Å². The van der Waals surface area contributed by atoms with Gasteiger partial charge in [-0.05, 0) is 4.99 Å². The lowest BCUT2D eigenvalue weighted by atomic mass is 10.3. The molecule has 0 atom stereocenters. The number of nitrogens with two attached hydrogens (primary N) is 1. The third-order valence-corrected chi connectivity index (χ3v) is 2.15. The highest BCUT2D eigenvalue weighted by Gasteiger charge is 2.03. The van der Waals surface area contributed by atoms with Crippen molar-refractivity contribution in [2.24, 2.45) is 0 Å². The molecule has 5 heteroatoms. The molecule has 1 aromatic rings. The highest BCUT2D eigenvalue weighted by molar-refractivity contribution is 9.11. The van der Waals surface area contributed by atoms with Crippen molar-refractivity contribution < 1.29 is 4.79 Å². The van der Waals surface area contributed by atoms with Gasteiger partial charge in [0.15, 0.2) is 5.13 Å². The van der Waals surface area contributed by atoms with Gasteiger partial charge in [0.05, 0.1) is 11.3 Å². The van der Waals surface area contributed by atoms with Crippen LogP contribution in [0.2, 0.25) is 0 Å². The fraction of sp³-hybridized carbons (Fsp3) is 0. The molecule has 1 heterocycles. The van der Waals surface area contributed by atoms with Gasteiger partial charge in [-0.25, -0.2) is 4.98 Å². The molecule has 0 aliphatic rings. The van der Waals surface area contributed by atoms with Gasteiger partial charge in [0, 0.05) is 5.38 Å². The molecular formula is C6H4BrN2OS. The van der Waals surface area contributed by atoms with Crippen LogP contribution < -0.4 is 5.73 Å². The molecule has 0 unspecified atom stereocenters. The molecule has 0 aliphatic heterocycles. The van der Waals surface area contributed by atoms with Crippen molar-refractivity contribution in [2.75, 3.05) is 5.73 Å². The second-order valence-corrected chi connectivity index (χ2v) is 3.04. The van der Waals surface area contributed by atoms with E-state index >= 15 is 0 Å². The molecule has 11 heavy (non-hydrogen) atoms. The maximum atomic E-state index is 10.2. The molecule has 0 bridgehead atoms. The lowest BCUT2D eigenvalue weighted by Gasteiger charge is -1.86. The van der Waals surface area contributed by atoms with Crippen LogP contribution in [0.5, 0.6) is 0 Å². The van der Waals surface area contributed by atoms with Gasteiger partial charge in [0.25, 0.3) is 0 Å². The summed E-state index contributed by atoms with van der Waals surface area (Å²) in [5.74, 6) is 0. The molecule has 1 radical (unpaired) electrons. The van der Waals surface area contributed by atoms with Crippen LogP contribution in [0.15, 0.2) is 10.4 Å². The third kappa shape index (κ3) is 1.87. The minimum absolute atomic E-state index is 0.373. The van der Waals surface area contributed by atoms with E-state index in [9.17, 15) is 4.79 Å². The first-order valence-corrected chi connectivity index (χ1v) is 4.47. The quantitative estimate of drug-likeness (QED) is 0.787. The molecule has 2 N–H and O–H groups in total. The van der Waals surface area contributed by atoms with E-state index in [2.05, 4.69) is 20.9 Å². The van der Waals surface area contributed by atoms with Gasteiger partial charge < -0.3 is 5.73 Å². The van der Waals surface area contributed by atoms with E-state index in [0.717, 1.165) is 0 Å². The number of anilines is 1. The summed E-state index contributed by atoms with van der Waals surface area (Å²) in [4.78, 5) is 15.6. The predicted molar refractivity (Wildman–Crippen MR) is 49.1 cm³/mol. The summed E-state index contributed by atoms with van der Waals surface area (Å²) in [6, 6.07) is 0. The normalized spacial score (nSPS) is 11.5. The molecule has 0 amide bonds. The van der Waals surface area contributed by atoms with Crippen molar-refractivity contribution >= 4 is 44.3 Å². The van der Waals surface area contributed by atoms with Gasteiger partial charge in [-0.2, -0.15) is 0 Å². The Morgan fingerprint density at radius 2 is 2.64 bits per heavy atom. The van der Waals surface area contributed by atoms with Crippen molar-refractivity contribution in [3.63, 3.8) is 0 Å². The fourth-order valence-electron chi connectivity index (χ4n) is 0.542. The Balaban J connectivity index is 3.00. The second-order valence-electron chi connectivity index (χ2n) is 1.70. The summed E-state index contributed by atoms with van der Waals surface area (Å²) in [5.41, 5.74) is 6.29. The van der Waals surface area contributed by atoms with Crippen molar-refractivity contribution in [1.29, 1.82) is 0 Å². The molecule has 0 aromatic carbocycles.